The smallest absolute Gasteiger partial charge is 0.225 e. The molecule has 4 rings (SSSR count). The van der Waals surface area contributed by atoms with Gasteiger partial charge >= 0.3 is 0 Å². The molecule has 1 aliphatic heterocycles. The summed E-state index contributed by atoms with van der Waals surface area (Å²) in [7, 11) is 0. The van der Waals surface area contributed by atoms with Crippen molar-refractivity contribution in [3.05, 3.63) is 41.1 Å². The first-order valence-corrected chi connectivity index (χ1v) is 9.47. The zero-order valence-electron chi connectivity index (χ0n) is 15.9. The highest BCUT2D eigenvalue weighted by Crippen LogP contribution is 2.40. The number of fused-ring (bicyclic) bond motifs is 1. The maximum absolute atomic E-state index is 5.70. The van der Waals surface area contributed by atoms with Gasteiger partial charge in [-0.3, -0.25) is 0 Å². The lowest BCUT2D eigenvalue weighted by atomic mass is 9.74. The minimum atomic E-state index is 0.209. The SMILES string of the molecule is Cc1ccc(CNC2CC(C)(C)Cc3nc(N4CCOCC4)ncc32)o1. The number of aromatic nitrogens is 2. The lowest BCUT2D eigenvalue weighted by Gasteiger charge is -2.37. The lowest BCUT2D eigenvalue weighted by molar-refractivity contribution is 0.122. The van der Waals surface area contributed by atoms with Gasteiger partial charge in [-0.15, -0.1) is 0 Å². The van der Waals surface area contributed by atoms with Crippen LogP contribution in [0.3, 0.4) is 0 Å². The van der Waals surface area contributed by atoms with E-state index in [1.165, 1.54) is 11.3 Å². The summed E-state index contributed by atoms with van der Waals surface area (Å²) in [6, 6.07) is 4.29. The Balaban J connectivity index is 1.55. The van der Waals surface area contributed by atoms with Gasteiger partial charge < -0.3 is 19.4 Å². The number of anilines is 1. The summed E-state index contributed by atoms with van der Waals surface area (Å²) in [5.74, 6) is 2.76. The maximum Gasteiger partial charge on any atom is 0.225 e. The van der Waals surface area contributed by atoms with Crippen LogP contribution in [-0.4, -0.2) is 36.3 Å². The molecule has 26 heavy (non-hydrogen) atoms. The first-order valence-electron chi connectivity index (χ1n) is 9.47. The zero-order chi connectivity index (χ0) is 18.1. The van der Waals surface area contributed by atoms with Gasteiger partial charge in [0.15, 0.2) is 0 Å². The van der Waals surface area contributed by atoms with E-state index < -0.39 is 0 Å². The number of nitrogens with one attached hydrogen (secondary N) is 1. The summed E-state index contributed by atoms with van der Waals surface area (Å²) >= 11 is 0. The van der Waals surface area contributed by atoms with Gasteiger partial charge in [0.2, 0.25) is 5.95 Å². The number of rotatable bonds is 4. The summed E-state index contributed by atoms with van der Waals surface area (Å²) in [5.41, 5.74) is 2.61. The average Bonchev–Trinajstić information content (AvgIpc) is 3.04. The predicted molar refractivity (Wildman–Crippen MR) is 100 cm³/mol. The molecule has 0 bridgehead atoms. The van der Waals surface area contributed by atoms with Gasteiger partial charge in [-0.25, -0.2) is 9.97 Å². The fourth-order valence-electron chi connectivity index (χ4n) is 3.94. The number of ether oxygens (including phenoxy) is 1. The van der Waals surface area contributed by atoms with E-state index in [0.29, 0.717) is 0 Å². The van der Waals surface area contributed by atoms with Crippen molar-refractivity contribution >= 4 is 5.95 Å². The van der Waals surface area contributed by atoms with Crippen molar-refractivity contribution in [2.24, 2.45) is 5.41 Å². The second-order valence-corrected chi connectivity index (χ2v) is 8.16. The van der Waals surface area contributed by atoms with Crippen LogP contribution in [-0.2, 0) is 17.7 Å². The Morgan fingerprint density at radius 2 is 2.08 bits per heavy atom. The second-order valence-electron chi connectivity index (χ2n) is 8.16. The Labute approximate surface area is 155 Å². The quantitative estimate of drug-likeness (QED) is 0.908. The fraction of sp³-hybridized carbons (Fsp3) is 0.600. The van der Waals surface area contributed by atoms with Gasteiger partial charge in [-0.05, 0) is 37.3 Å². The van der Waals surface area contributed by atoms with Crippen LogP contribution >= 0.6 is 0 Å². The molecule has 0 aromatic carbocycles. The third kappa shape index (κ3) is 3.76. The molecule has 1 unspecified atom stereocenters. The van der Waals surface area contributed by atoms with Crippen molar-refractivity contribution in [2.75, 3.05) is 31.2 Å². The molecule has 6 nitrogen and oxygen atoms in total. The third-order valence-electron chi connectivity index (χ3n) is 5.28. The molecule has 0 saturated carbocycles. The maximum atomic E-state index is 5.70. The number of hydrogen-bond acceptors (Lipinski definition) is 6. The minimum absolute atomic E-state index is 0.209. The molecule has 2 aromatic rings. The molecule has 3 heterocycles. The van der Waals surface area contributed by atoms with Gasteiger partial charge in [0.25, 0.3) is 0 Å². The number of furan rings is 1. The van der Waals surface area contributed by atoms with Gasteiger partial charge in [0.05, 0.1) is 25.5 Å². The topological polar surface area (TPSA) is 63.4 Å². The molecule has 1 N–H and O–H groups in total. The highest BCUT2D eigenvalue weighted by atomic mass is 16.5. The molecule has 1 atom stereocenters. The zero-order valence-corrected chi connectivity index (χ0v) is 15.9. The van der Waals surface area contributed by atoms with Crippen LogP contribution in [0.25, 0.3) is 0 Å². The number of nitrogens with zero attached hydrogens (tertiary/aromatic N) is 3. The van der Waals surface area contributed by atoms with E-state index in [4.69, 9.17) is 14.1 Å². The summed E-state index contributed by atoms with van der Waals surface area (Å²) in [5, 5.41) is 3.65. The van der Waals surface area contributed by atoms with Crippen LogP contribution in [0.15, 0.2) is 22.7 Å². The van der Waals surface area contributed by atoms with E-state index in [2.05, 4.69) is 29.0 Å². The van der Waals surface area contributed by atoms with Crippen molar-refractivity contribution < 1.29 is 9.15 Å². The Morgan fingerprint density at radius 3 is 2.81 bits per heavy atom. The standard InChI is InChI=1S/C20H28N4O2/c1-14-4-5-15(26-14)12-21-17-10-20(2,3)11-18-16(17)13-22-19(23-18)24-6-8-25-9-7-24/h4-5,13,17,21H,6-12H2,1-3H3. The highest BCUT2D eigenvalue weighted by molar-refractivity contribution is 5.36. The van der Waals surface area contributed by atoms with Crippen LogP contribution in [0.2, 0.25) is 0 Å². The van der Waals surface area contributed by atoms with Gasteiger partial charge in [-0.1, -0.05) is 13.8 Å². The van der Waals surface area contributed by atoms with Crippen LogP contribution in [0.4, 0.5) is 5.95 Å². The summed E-state index contributed by atoms with van der Waals surface area (Å²) in [6.45, 7) is 10.6. The summed E-state index contributed by atoms with van der Waals surface area (Å²) < 4.78 is 11.1. The third-order valence-corrected chi connectivity index (χ3v) is 5.28. The van der Waals surface area contributed by atoms with Crippen LogP contribution in [0.5, 0.6) is 0 Å². The molecule has 6 heteroatoms. The molecule has 2 aromatic heterocycles. The Bertz CT molecular complexity index is 765. The van der Waals surface area contributed by atoms with Crippen molar-refractivity contribution in [1.29, 1.82) is 0 Å². The predicted octanol–water partition coefficient (Wildman–Crippen LogP) is 3.02. The van der Waals surface area contributed by atoms with Gasteiger partial charge in [-0.2, -0.15) is 0 Å². The van der Waals surface area contributed by atoms with Crippen molar-refractivity contribution in [2.45, 2.75) is 46.2 Å². The first-order chi connectivity index (χ1) is 12.5. The highest BCUT2D eigenvalue weighted by Gasteiger charge is 2.34. The van der Waals surface area contributed by atoms with E-state index in [9.17, 15) is 0 Å². The van der Waals surface area contributed by atoms with Gasteiger partial charge in [0, 0.05) is 30.9 Å². The fourth-order valence-corrected chi connectivity index (χ4v) is 3.94. The molecule has 1 aliphatic carbocycles. The van der Waals surface area contributed by atoms with E-state index in [-0.39, 0.29) is 11.5 Å². The minimum Gasteiger partial charge on any atom is -0.465 e. The van der Waals surface area contributed by atoms with Crippen molar-refractivity contribution in [3.8, 4) is 0 Å². The first kappa shape index (κ1) is 17.5. The normalized spacial score (nSPS) is 22.3. The number of aryl methyl sites for hydroxylation is 1. The van der Waals surface area contributed by atoms with Crippen LogP contribution in [0, 0.1) is 12.3 Å². The molecule has 0 radical (unpaired) electrons. The van der Waals surface area contributed by atoms with E-state index in [0.717, 1.165) is 63.2 Å². The molecular formula is C20H28N4O2. The molecule has 2 aliphatic rings. The molecule has 0 spiro atoms. The Kier molecular flexibility index (Phi) is 4.71. The number of morpholine rings is 1. The largest absolute Gasteiger partial charge is 0.465 e. The number of hydrogen-bond donors (Lipinski definition) is 1. The molecule has 1 saturated heterocycles. The van der Waals surface area contributed by atoms with Crippen molar-refractivity contribution in [1.82, 2.24) is 15.3 Å². The molecule has 1 fully saturated rings. The lowest BCUT2D eigenvalue weighted by Crippen LogP contribution is -2.38. The summed E-state index contributed by atoms with van der Waals surface area (Å²) in [4.78, 5) is 11.8. The van der Waals surface area contributed by atoms with E-state index in [1.54, 1.807) is 0 Å². The monoisotopic (exact) mass is 356 g/mol. The van der Waals surface area contributed by atoms with E-state index in [1.807, 2.05) is 25.3 Å². The Morgan fingerprint density at radius 1 is 1.27 bits per heavy atom. The second kappa shape index (κ2) is 7.00. The van der Waals surface area contributed by atoms with Gasteiger partial charge in [0.1, 0.15) is 11.5 Å². The molecular weight excluding hydrogens is 328 g/mol. The Hall–Kier alpha value is -1.92. The van der Waals surface area contributed by atoms with Crippen LogP contribution in [0.1, 0.15) is 49.1 Å². The van der Waals surface area contributed by atoms with Crippen molar-refractivity contribution in [3.63, 3.8) is 0 Å². The molecule has 0 amide bonds. The van der Waals surface area contributed by atoms with E-state index >= 15 is 0 Å². The average molecular weight is 356 g/mol. The molecule has 140 valence electrons. The summed E-state index contributed by atoms with van der Waals surface area (Å²) in [6.07, 6.45) is 4.08. The van der Waals surface area contributed by atoms with Crippen LogP contribution < -0.4 is 10.2 Å².